The van der Waals surface area contributed by atoms with E-state index in [-0.39, 0.29) is 0 Å². The fourth-order valence-electron chi connectivity index (χ4n) is 9.48. The summed E-state index contributed by atoms with van der Waals surface area (Å²) in [4.78, 5) is 10.5. The molecule has 0 aliphatic carbocycles. The van der Waals surface area contributed by atoms with E-state index in [1.807, 2.05) is 6.07 Å². The lowest BCUT2D eigenvalue weighted by Crippen LogP contribution is -1.96. The first-order valence-corrected chi connectivity index (χ1v) is 19.6. The van der Waals surface area contributed by atoms with Gasteiger partial charge in [0.25, 0.3) is 0 Å². The molecule has 0 amide bonds. The average molecular weight is 739 g/mol. The Morgan fingerprint density at radius 3 is 1.76 bits per heavy atom. The molecule has 3 heterocycles. The highest BCUT2D eigenvalue weighted by Crippen LogP contribution is 2.46. The van der Waals surface area contributed by atoms with Gasteiger partial charge >= 0.3 is 0 Å². The van der Waals surface area contributed by atoms with E-state index >= 15 is 0 Å². The molecule has 0 aliphatic rings. The van der Waals surface area contributed by atoms with Crippen molar-refractivity contribution in [2.24, 2.45) is 0 Å². The Balaban J connectivity index is 0.977. The Hall–Kier alpha value is -7.82. The number of nitrogens with zero attached hydrogens (tertiary/aromatic N) is 2. The van der Waals surface area contributed by atoms with Gasteiger partial charge in [-0.1, -0.05) is 140 Å². The summed E-state index contributed by atoms with van der Waals surface area (Å²) in [5, 5.41) is 12.7. The van der Waals surface area contributed by atoms with Crippen molar-refractivity contribution in [3.63, 3.8) is 0 Å². The van der Waals surface area contributed by atoms with Gasteiger partial charge in [0.1, 0.15) is 22.3 Å². The Morgan fingerprint density at radius 1 is 0.310 bits per heavy atom. The maximum atomic E-state index is 6.70. The van der Waals surface area contributed by atoms with Gasteiger partial charge in [-0.2, -0.15) is 0 Å². The Bertz CT molecular complexity index is 3800. The van der Waals surface area contributed by atoms with E-state index in [1.54, 1.807) is 0 Å². The summed E-state index contributed by atoms with van der Waals surface area (Å²) in [6.45, 7) is 0. The smallest absolute Gasteiger partial charge is 0.160 e. The molecule has 0 bridgehead atoms. The third kappa shape index (κ3) is 4.45. The van der Waals surface area contributed by atoms with Gasteiger partial charge in [0.2, 0.25) is 0 Å². The van der Waals surface area contributed by atoms with Crippen LogP contribution in [0.4, 0.5) is 0 Å². The summed E-state index contributed by atoms with van der Waals surface area (Å²) in [6.07, 6.45) is 0. The molecule has 0 aliphatic heterocycles. The van der Waals surface area contributed by atoms with Gasteiger partial charge in [-0.25, -0.2) is 9.97 Å². The standard InChI is InChI=1S/C54H30N2O2/c1-2-12-32(13-3-1)52-43-28-25-31-11-4-5-16-38(31)53(43)56-54(55-52)35-15-6-14-33(29-35)37-18-8-22-44-49(37)41-27-26-34(30-47(41)58-44)36-17-7-19-39-40-20-9-23-45-50(40)51-42(48(36)39)21-10-24-46(51)57-45/h1-30H. The van der Waals surface area contributed by atoms with Crippen LogP contribution in [0, 0.1) is 0 Å². The molecule has 0 fully saturated rings. The summed E-state index contributed by atoms with van der Waals surface area (Å²) in [5.74, 6) is 0.694. The molecule has 0 radical (unpaired) electrons. The number of rotatable bonds is 4. The molecule has 13 aromatic rings. The molecule has 4 nitrogen and oxygen atoms in total. The summed E-state index contributed by atoms with van der Waals surface area (Å²) >= 11 is 0. The van der Waals surface area contributed by atoms with E-state index in [4.69, 9.17) is 18.8 Å². The van der Waals surface area contributed by atoms with Crippen molar-refractivity contribution in [1.82, 2.24) is 9.97 Å². The quantitative estimate of drug-likeness (QED) is 0.169. The van der Waals surface area contributed by atoms with Gasteiger partial charge in [-0.05, 0) is 91.6 Å². The van der Waals surface area contributed by atoms with Crippen LogP contribution < -0.4 is 0 Å². The molecule has 0 saturated heterocycles. The van der Waals surface area contributed by atoms with Crippen LogP contribution in [-0.2, 0) is 0 Å². The Kier molecular flexibility index (Phi) is 6.41. The van der Waals surface area contributed by atoms with E-state index in [0.29, 0.717) is 5.82 Å². The third-order valence-corrected chi connectivity index (χ3v) is 12.0. The fourth-order valence-corrected chi connectivity index (χ4v) is 9.48. The highest BCUT2D eigenvalue weighted by atomic mass is 16.3. The van der Waals surface area contributed by atoms with Gasteiger partial charge < -0.3 is 8.83 Å². The molecular formula is C54H30N2O2. The lowest BCUT2D eigenvalue weighted by molar-refractivity contribution is 0.669. The summed E-state index contributed by atoms with van der Waals surface area (Å²) in [6, 6.07) is 64.2. The second-order valence-corrected chi connectivity index (χ2v) is 15.2. The zero-order valence-electron chi connectivity index (χ0n) is 31.0. The topological polar surface area (TPSA) is 52.1 Å². The van der Waals surface area contributed by atoms with Crippen molar-refractivity contribution in [1.29, 1.82) is 0 Å². The number of benzene rings is 10. The monoisotopic (exact) mass is 738 g/mol. The second kappa shape index (κ2) is 11.8. The van der Waals surface area contributed by atoms with Crippen LogP contribution in [-0.4, -0.2) is 9.97 Å². The molecule has 268 valence electrons. The van der Waals surface area contributed by atoms with Gasteiger partial charge in [-0.3, -0.25) is 0 Å². The van der Waals surface area contributed by atoms with E-state index in [9.17, 15) is 0 Å². The van der Waals surface area contributed by atoms with Crippen LogP contribution in [0.5, 0.6) is 0 Å². The van der Waals surface area contributed by atoms with Gasteiger partial charge in [0.15, 0.2) is 5.82 Å². The molecule has 58 heavy (non-hydrogen) atoms. The first kappa shape index (κ1) is 31.4. The number of hydrogen-bond donors (Lipinski definition) is 0. The highest BCUT2D eigenvalue weighted by Gasteiger charge is 2.21. The second-order valence-electron chi connectivity index (χ2n) is 15.2. The fraction of sp³-hybridized carbons (Fsp3) is 0. The average Bonchev–Trinajstić information content (AvgIpc) is 3.87. The highest BCUT2D eigenvalue weighted by molar-refractivity contribution is 6.35. The van der Waals surface area contributed by atoms with Crippen LogP contribution in [0.15, 0.2) is 191 Å². The van der Waals surface area contributed by atoms with E-state index in [2.05, 4.69) is 176 Å². The predicted molar refractivity (Wildman–Crippen MR) is 240 cm³/mol. The van der Waals surface area contributed by atoms with Gasteiger partial charge in [0.05, 0.1) is 11.2 Å². The van der Waals surface area contributed by atoms with Gasteiger partial charge in [-0.15, -0.1) is 0 Å². The predicted octanol–water partition coefficient (Wildman–Crippen LogP) is 15.0. The van der Waals surface area contributed by atoms with Crippen molar-refractivity contribution >= 4 is 87.1 Å². The van der Waals surface area contributed by atoms with Crippen LogP contribution in [0.1, 0.15) is 0 Å². The summed E-state index contributed by atoms with van der Waals surface area (Å²) in [7, 11) is 0. The van der Waals surface area contributed by atoms with E-state index < -0.39 is 0 Å². The normalized spacial score (nSPS) is 12.1. The minimum Gasteiger partial charge on any atom is -0.456 e. The molecule has 3 aromatic heterocycles. The Labute approximate surface area is 331 Å². The van der Waals surface area contributed by atoms with Crippen LogP contribution in [0.3, 0.4) is 0 Å². The Morgan fingerprint density at radius 2 is 0.897 bits per heavy atom. The van der Waals surface area contributed by atoms with E-state index in [1.165, 1.54) is 37.9 Å². The first-order chi connectivity index (χ1) is 28.7. The number of furan rings is 2. The third-order valence-electron chi connectivity index (χ3n) is 12.0. The minimum atomic E-state index is 0.694. The molecule has 0 atom stereocenters. The van der Waals surface area contributed by atoms with Crippen molar-refractivity contribution in [2.75, 3.05) is 0 Å². The summed E-state index contributed by atoms with van der Waals surface area (Å²) < 4.78 is 13.0. The van der Waals surface area contributed by atoms with Crippen molar-refractivity contribution in [3.05, 3.63) is 182 Å². The zero-order valence-corrected chi connectivity index (χ0v) is 31.0. The number of aromatic nitrogens is 2. The van der Waals surface area contributed by atoms with Crippen molar-refractivity contribution in [3.8, 4) is 44.9 Å². The lowest BCUT2D eigenvalue weighted by atomic mass is 9.89. The molecule has 0 unspecified atom stereocenters. The maximum Gasteiger partial charge on any atom is 0.160 e. The van der Waals surface area contributed by atoms with Crippen LogP contribution in [0.2, 0.25) is 0 Å². The number of hydrogen-bond acceptors (Lipinski definition) is 4. The molecule has 0 N–H and O–H groups in total. The zero-order chi connectivity index (χ0) is 37.9. The summed E-state index contributed by atoms with van der Waals surface area (Å²) in [5.41, 5.74) is 11.9. The first-order valence-electron chi connectivity index (χ1n) is 19.6. The number of fused-ring (bicyclic) bond motifs is 9. The molecular weight excluding hydrogens is 709 g/mol. The van der Waals surface area contributed by atoms with Crippen LogP contribution in [0.25, 0.3) is 132 Å². The van der Waals surface area contributed by atoms with Crippen molar-refractivity contribution < 1.29 is 8.83 Å². The SMILES string of the molecule is c1ccc(-c2nc(-c3cccc(-c4cccc5oc6cc(-c7cccc8c9cccc%10oc%11cccc(c78)c%11c%109)ccc6c45)c3)nc3c2ccc2ccccc23)cc1. The van der Waals surface area contributed by atoms with E-state index in [0.717, 1.165) is 88.3 Å². The molecule has 10 aromatic carbocycles. The molecule has 13 rings (SSSR count). The molecule has 4 heteroatoms. The lowest BCUT2D eigenvalue weighted by Gasteiger charge is -2.13. The largest absolute Gasteiger partial charge is 0.456 e. The van der Waals surface area contributed by atoms with Crippen molar-refractivity contribution in [2.45, 2.75) is 0 Å². The molecule has 0 saturated carbocycles. The van der Waals surface area contributed by atoms with Gasteiger partial charge in [0, 0.05) is 43.4 Å². The maximum absolute atomic E-state index is 6.70. The minimum absolute atomic E-state index is 0.694. The molecule has 0 spiro atoms. The van der Waals surface area contributed by atoms with Crippen LogP contribution >= 0.6 is 0 Å².